The average Bonchev–Trinajstić information content (AvgIpc) is 2.95. The maximum absolute atomic E-state index is 5.59. The first-order valence-corrected chi connectivity index (χ1v) is 6.65. The summed E-state index contributed by atoms with van der Waals surface area (Å²) in [5, 5.41) is 7.81. The lowest BCUT2D eigenvalue weighted by atomic mass is 10.1. The Morgan fingerprint density at radius 1 is 1.53 bits per heavy atom. The second-order valence-electron chi connectivity index (χ2n) is 4.76. The van der Waals surface area contributed by atoms with Gasteiger partial charge in [-0.3, -0.25) is 4.68 Å². The molecule has 96 valence electrons. The quantitative estimate of drug-likeness (QED) is 0.731. The highest BCUT2D eigenvalue weighted by molar-refractivity contribution is 4.98. The molecule has 1 unspecified atom stereocenters. The molecule has 1 fully saturated rings. The summed E-state index contributed by atoms with van der Waals surface area (Å²) in [4.78, 5) is 0. The third-order valence-corrected chi connectivity index (χ3v) is 3.23. The van der Waals surface area contributed by atoms with E-state index in [1.807, 2.05) is 17.9 Å². The van der Waals surface area contributed by atoms with E-state index in [2.05, 4.69) is 16.5 Å². The fraction of sp³-hybridized carbons (Fsp3) is 0.769. The highest BCUT2D eigenvalue weighted by Gasteiger charge is 2.14. The third-order valence-electron chi connectivity index (χ3n) is 3.23. The van der Waals surface area contributed by atoms with Gasteiger partial charge in [-0.2, -0.15) is 5.10 Å². The van der Waals surface area contributed by atoms with Gasteiger partial charge in [-0.15, -0.1) is 0 Å². The zero-order chi connectivity index (χ0) is 11.9. The number of aryl methyl sites for hydroxylation is 1. The van der Waals surface area contributed by atoms with Crippen molar-refractivity contribution in [2.24, 2.45) is 7.05 Å². The van der Waals surface area contributed by atoms with Crippen LogP contribution in [0, 0.1) is 0 Å². The Balaban J connectivity index is 1.46. The van der Waals surface area contributed by atoms with E-state index >= 15 is 0 Å². The Morgan fingerprint density at radius 2 is 2.47 bits per heavy atom. The summed E-state index contributed by atoms with van der Waals surface area (Å²) in [5.74, 6) is 0. The molecule has 0 radical (unpaired) electrons. The van der Waals surface area contributed by atoms with Crippen LogP contribution >= 0.6 is 0 Å². The summed E-state index contributed by atoms with van der Waals surface area (Å²) in [6.45, 7) is 3.08. The van der Waals surface area contributed by atoms with Gasteiger partial charge in [-0.1, -0.05) is 0 Å². The van der Waals surface area contributed by atoms with E-state index in [-0.39, 0.29) is 0 Å². The summed E-state index contributed by atoms with van der Waals surface area (Å²) < 4.78 is 7.44. The molecular formula is C13H23N3O. The molecule has 1 N–H and O–H groups in total. The SMILES string of the molecule is Cn1ccc(CCNCCCC2CCCO2)n1. The predicted octanol–water partition coefficient (Wildman–Crippen LogP) is 1.51. The van der Waals surface area contributed by atoms with Crippen molar-refractivity contribution >= 4 is 0 Å². The van der Waals surface area contributed by atoms with Gasteiger partial charge in [0.05, 0.1) is 11.8 Å². The van der Waals surface area contributed by atoms with E-state index in [4.69, 9.17) is 4.74 Å². The maximum Gasteiger partial charge on any atom is 0.0637 e. The van der Waals surface area contributed by atoms with Gasteiger partial charge in [0.1, 0.15) is 0 Å². The largest absolute Gasteiger partial charge is 0.378 e. The molecule has 0 amide bonds. The molecule has 1 atom stereocenters. The van der Waals surface area contributed by atoms with Crippen LogP contribution in [0.15, 0.2) is 12.3 Å². The van der Waals surface area contributed by atoms with E-state index in [9.17, 15) is 0 Å². The molecule has 17 heavy (non-hydrogen) atoms. The van der Waals surface area contributed by atoms with E-state index < -0.39 is 0 Å². The van der Waals surface area contributed by atoms with Crippen molar-refractivity contribution in [2.45, 2.75) is 38.2 Å². The third kappa shape index (κ3) is 4.48. The van der Waals surface area contributed by atoms with Crippen LogP contribution in [0.3, 0.4) is 0 Å². The summed E-state index contributed by atoms with van der Waals surface area (Å²) in [5.41, 5.74) is 1.17. The van der Waals surface area contributed by atoms with E-state index in [1.54, 1.807) is 0 Å². The minimum Gasteiger partial charge on any atom is -0.378 e. The van der Waals surface area contributed by atoms with Crippen LogP contribution in [-0.2, 0) is 18.2 Å². The molecule has 1 aliphatic rings. The molecular weight excluding hydrogens is 214 g/mol. The van der Waals surface area contributed by atoms with Crippen LogP contribution in [0.5, 0.6) is 0 Å². The number of nitrogens with one attached hydrogen (secondary N) is 1. The molecule has 4 nitrogen and oxygen atoms in total. The van der Waals surface area contributed by atoms with E-state index in [0.29, 0.717) is 6.10 Å². The Bertz CT molecular complexity index is 318. The van der Waals surface area contributed by atoms with Gasteiger partial charge < -0.3 is 10.1 Å². The summed E-state index contributed by atoms with van der Waals surface area (Å²) >= 11 is 0. The van der Waals surface area contributed by atoms with Crippen molar-refractivity contribution < 1.29 is 4.74 Å². The number of nitrogens with zero attached hydrogens (tertiary/aromatic N) is 2. The lowest BCUT2D eigenvalue weighted by Gasteiger charge is -2.09. The first-order chi connectivity index (χ1) is 8.34. The molecule has 0 bridgehead atoms. The van der Waals surface area contributed by atoms with Crippen LogP contribution in [0.25, 0.3) is 0 Å². The normalized spacial score (nSPS) is 19.9. The van der Waals surface area contributed by atoms with Crippen LogP contribution < -0.4 is 5.32 Å². The molecule has 2 heterocycles. The highest BCUT2D eigenvalue weighted by Crippen LogP contribution is 2.16. The second kappa shape index (κ2) is 6.77. The standard InChI is InChI=1S/C13H23N3O/c1-16-10-7-12(15-16)6-9-14-8-2-4-13-5-3-11-17-13/h7,10,13-14H,2-6,8-9,11H2,1H3. The van der Waals surface area contributed by atoms with Crippen LogP contribution in [0.2, 0.25) is 0 Å². The molecule has 0 spiro atoms. The average molecular weight is 237 g/mol. The van der Waals surface area contributed by atoms with Gasteiger partial charge in [-0.25, -0.2) is 0 Å². The van der Waals surface area contributed by atoms with Crippen molar-refractivity contribution in [1.29, 1.82) is 0 Å². The van der Waals surface area contributed by atoms with Gasteiger partial charge in [0.2, 0.25) is 0 Å². The van der Waals surface area contributed by atoms with E-state index in [1.165, 1.54) is 31.4 Å². The monoisotopic (exact) mass is 237 g/mol. The summed E-state index contributed by atoms with van der Waals surface area (Å²) in [7, 11) is 1.96. The molecule has 1 aromatic heterocycles. The van der Waals surface area contributed by atoms with Crippen LogP contribution in [-0.4, -0.2) is 35.6 Å². The number of ether oxygens (including phenoxy) is 1. The fourth-order valence-electron chi connectivity index (χ4n) is 2.26. The van der Waals surface area contributed by atoms with Gasteiger partial charge >= 0.3 is 0 Å². The van der Waals surface area contributed by atoms with Crippen LogP contribution in [0.1, 0.15) is 31.4 Å². The Labute approximate surface area is 103 Å². The molecule has 2 rings (SSSR count). The summed E-state index contributed by atoms with van der Waals surface area (Å²) in [6, 6.07) is 2.08. The van der Waals surface area contributed by atoms with Crippen molar-refractivity contribution in [3.05, 3.63) is 18.0 Å². The van der Waals surface area contributed by atoms with Crippen molar-refractivity contribution in [3.63, 3.8) is 0 Å². The predicted molar refractivity (Wildman–Crippen MR) is 68.0 cm³/mol. The Hall–Kier alpha value is -0.870. The topological polar surface area (TPSA) is 39.1 Å². The smallest absolute Gasteiger partial charge is 0.0637 e. The number of aromatic nitrogens is 2. The molecule has 0 saturated carbocycles. The molecule has 0 aromatic carbocycles. The van der Waals surface area contributed by atoms with Crippen molar-refractivity contribution in [2.75, 3.05) is 19.7 Å². The second-order valence-corrected chi connectivity index (χ2v) is 4.76. The Kier molecular flexibility index (Phi) is 5.01. The van der Waals surface area contributed by atoms with Gasteiger partial charge in [0.25, 0.3) is 0 Å². The molecule has 1 aromatic rings. The van der Waals surface area contributed by atoms with Gasteiger partial charge in [-0.05, 0) is 38.3 Å². The fourth-order valence-corrected chi connectivity index (χ4v) is 2.26. The zero-order valence-electron chi connectivity index (χ0n) is 10.7. The maximum atomic E-state index is 5.59. The first-order valence-electron chi connectivity index (χ1n) is 6.65. The number of hydrogen-bond donors (Lipinski definition) is 1. The van der Waals surface area contributed by atoms with Gasteiger partial charge in [0.15, 0.2) is 0 Å². The molecule has 0 aliphatic carbocycles. The lowest BCUT2D eigenvalue weighted by molar-refractivity contribution is 0.102. The molecule has 1 aliphatic heterocycles. The Morgan fingerprint density at radius 3 is 3.18 bits per heavy atom. The lowest BCUT2D eigenvalue weighted by Crippen LogP contribution is -2.20. The minimum absolute atomic E-state index is 0.535. The van der Waals surface area contributed by atoms with E-state index in [0.717, 1.165) is 26.1 Å². The highest BCUT2D eigenvalue weighted by atomic mass is 16.5. The minimum atomic E-state index is 0.535. The molecule has 4 heteroatoms. The number of hydrogen-bond acceptors (Lipinski definition) is 3. The van der Waals surface area contributed by atoms with Gasteiger partial charge in [0, 0.05) is 32.8 Å². The summed E-state index contributed by atoms with van der Waals surface area (Å²) in [6.07, 6.45) is 8.47. The van der Waals surface area contributed by atoms with Crippen molar-refractivity contribution in [1.82, 2.24) is 15.1 Å². The molecule has 1 saturated heterocycles. The van der Waals surface area contributed by atoms with Crippen molar-refractivity contribution in [3.8, 4) is 0 Å². The zero-order valence-corrected chi connectivity index (χ0v) is 10.7. The van der Waals surface area contributed by atoms with Crippen LogP contribution in [0.4, 0.5) is 0 Å². The number of rotatable bonds is 7. The first kappa shape index (κ1) is 12.6.